The Labute approximate surface area is 193 Å². The smallest absolute Gasteiger partial charge is 0.329 e. The number of anilines is 1. The lowest BCUT2D eigenvalue weighted by atomic mass is 10.2. The van der Waals surface area contributed by atoms with E-state index in [2.05, 4.69) is 20.4 Å². The molecule has 2 amide bonds. The molecule has 2 N–H and O–H groups in total. The maximum absolute atomic E-state index is 12.1. The van der Waals surface area contributed by atoms with E-state index >= 15 is 0 Å². The van der Waals surface area contributed by atoms with Crippen LogP contribution >= 0.6 is 0 Å². The highest BCUT2D eigenvalue weighted by Gasteiger charge is 2.14. The van der Waals surface area contributed by atoms with Crippen LogP contribution in [0.3, 0.4) is 0 Å². The number of aromatic nitrogens is 1. The van der Waals surface area contributed by atoms with E-state index in [0.717, 1.165) is 28.4 Å². The first kappa shape index (κ1) is 23.6. The largest absolute Gasteiger partial charge is 0.494 e. The van der Waals surface area contributed by atoms with E-state index in [9.17, 15) is 9.59 Å². The highest BCUT2D eigenvalue weighted by Crippen LogP contribution is 2.22. The Hall–Kier alpha value is -4.07. The number of aryl methyl sites for hydroxylation is 1. The van der Waals surface area contributed by atoms with Crippen molar-refractivity contribution in [3.05, 3.63) is 71.5 Å². The van der Waals surface area contributed by atoms with Crippen molar-refractivity contribution in [1.82, 2.24) is 9.99 Å². The van der Waals surface area contributed by atoms with Gasteiger partial charge in [0.1, 0.15) is 11.5 Å². The Morgan fingerprint density at radius 1 is 0.909 bits per heavy atom. The molecule has 1 heterocycles. The molecule has 0 fully saturated rings. The third-order valence-corrected chi connectivity index (χ3v) is 4.88. The van der Waals surface area contributed by atoms with Gasteiger partial charge in [-0.2, -0.15) is 5.10 Å². The highest BCUT2D eigenvalue weighted by molar-refractivity contribution is 6.39. The second-order valence-electron chi connectivity index (χ2n) is 7.20. The standard InChI is InChI=1S/C25H28N4O4/c1-5-32-22-11-7-20(8-12-22)27-24(30)25(31)28-26-16-19-15-17(3)29(18(19)4)21-9-13-23(14-10-21)33-6-2/h7-16H,5-6H2,1-4H3,(H,27,30)(H,28,31)/b26-16-. The minimum atomic E-state index is -0.861. The predicted molar refractivity (Wildman–Crippen MR) is 128 cm³/mol. The predicted octanol–water partition coefficient (Wildman–Crippen LogP) is 3.98. The number of amides is 2. The van der Waals surface area contributed by atoms with E-state index in [1.165, 1.54) is 6.21 Å². The third kappa shape index (κ3) is 6.00. The van der Waals surface area contributed by atoms with Crippen LogP contribution in [0.1, 0.15) is 30.8 Å². The first-order valence-electron chi connectivity index (χ1n) is 10.7. The normalized spacial score (nSPS) is 10.8. The molecule has 8 heteroatoms. The molecule has 0 atom stereocenters. The number of hydrogen-bond donors (Lipinski definition) is 2. The molecule has 0 spiro atoms. The summed E-state index contributed by atoms with van der Waals surface area (Å²) < 4.78 is 12.9. The second kappa shape index (κ2) is 11.0. The zero-order valence-electron chi connectivity index (χ0n) is 19.2. The number of rotatable bonds is 8. The zero-order chi connectivity index (χ0) is 23.8. The molecule has 33 heavy (non-hydrogen) atoms. The van der Waals surface area contributed by atoms with Gasteiger partial charge in [-0.15, -0.1) is 0 Å². The second-order valence-corrected chi connectivity index (χ2v) is 7.20. The van der Waals surface area contributed by atoms with E-state index < -0.39 is 11.8 Å². The summed E-state index contributed by atoms with van der Waals surface area (Å²) in [6.45, 7) is 8.95. The van der Waals surface area contributed by atoms with Crippen LogP contribution < -0.4 is 20.2 Å². The van der Waals surface area contributed by atoms with Gasteiger partial charge in [0.2, 0.25) is 0 Å². The molecule has 0 radical (unpaired) electrons. The first-order valence-corrected chi connectivity index (χ1v) is 10.7. The van der Waals surface area contributed by atoms with Crippen LogP contribution in [-0.2, 0) is 9.59 Å². The maximum Gasteiger partial charge on any atom is 0.329 e. The molecule has 1 aromatic heterocycles. The van der Waals surface area contributed by atoms with E-state index in [4.69, 9.17) is 9.47 Å². The summed E-state index contributed by atoms with van der Waals surface area (Å²) in [5.41, 5.74) is 6.54. The molecule has 3 aromatic rings. The van der Waals surface area contributed by atoms with Crippen LogP contribution in [0.4, 0.5) is 5.69 Å². The van der Waals surface area contributed by atoms with Gasteiger partial charge in [0.05, 0.1) is 19.4 Å². The van der Waals surface area contributed by atoms with Gasteiger partial charge in [0.15, 0.2) is 0 Å². The summed E-state index contributed by atoms with van der Waals surface area (Å²) in [6, 6.07) is 16.5. The Morgan fingerprint density at radius 2 is 1.48 bits per heavy atom. The average Bonchev–Trinajstić information content (AvgIpc) is 3.09. The number of benzene rings is 2. The molecule has 0 bridgehead atoms. The van der Waals surface area contributed by atoms with Crippen LogP contribution in [0.5, 0.6) is 11.5 Å². The molecule has 3 rings (SSSR count). The van der Waals surface area contributed by atoms with Crippen LogP contribution in [-0.4, -0.2) is 35.8 Å². The number of carbonyl (C=O) groups excluding carboxylic acids is 2. The fourth-order valence-electron chi connectivity index (χ4n) is 3.37. The lowest BCUT2D eigenvalue weighted by Gasteiger charge is -2.10. The summed E-state index contributed by atoms with van der Waals surface area (Å²) >= 11 is 0. The molecule has 8 nitrogen and oxygen atoms in total. The van der Waals surface area contributed by atoms with E-state index in [-0.39, 0.29) is 0 Å². The zero-order valence-corrected chi connectivity index (χ0v) is 19.2. The number of carbonyl (C=O) groups is 2. The Balaban J connectivity index is 1.62. The summed E-state index contributed by atoms with van der Waals surface area (Å²) in [5.74, 6) is -0.166. The summed E-state index contributed by atoms with van der Waals surface area (Å²) in [5, 5.41) is 6.48. The van der Waals surface area contributed by atoms with Gasteiger partial charge < -0.3 is 19.4 Å². The van der Waals surface area contributed by atoms with Crippen molar-refractivity contribution in [3.63, 3.8) is 0 Å². The van der Waals surface area contributed by atoms with Gasteiger partial charge in [-0.3, -0.25) is 9.59 Å². The quantitative estimate of drug-likeness (QED) is 0.310. The van der Waals surface area contributed by atoms with Crippen molar-refractivity contribution in [3.8, 4) is 17.2 Å². The molecular formula is C25H28N4O4. The highest BCUT2D eigenvalue weighted by atomic mass is 16.5. The minimum Gasteiger partial charge on any atom is -0.494 e. The van der Waals surface area contributed by atoms with Gasteiger partial charge in [-0.25, -0.2) is 5.43 Å². The van der Waals surface area contributed by atoms with E-state index in [1.807, 2.05) is 58.0 Å². The molecule has 172 valence electrons. The summed E-state index contributed by atoms with van der Waals surface area (Å²) in [4.78, 5) is 24.2. The number of hydrazone groups is 1. The van der Waals surface area contributed by atoms with Gasteiger partial charge in [-0.05, 0) is 82.3 Å². The molecular weight excluding hydrogens is 420 g/mol. The van der Waals surface area contributed by atoms with Gasteiger partial charge in [0, 0.05) is 28.3 Å². The lowest BCUT2D eigenvalue weighted by molar-refractivity contribution is -0.136. The van der Waals surface area contributed by atoms with E-state index in [0.29, 0.717) is 24.7 Å². The molecule has 2 aromatic carbocycles. The Kier molecular flexibility index (Phi) is 7.86. The van der Waals surface area contributed by atoms with Crippen LogP contribution in [0.25, 0.3) is 5.69 Å². The topological polar surface area (TPSA) is 94.0 Å². The van der Waals surface area contributed by atoms with Crippen LogP contribution in [0.15, 0.2) is 59.7 Å². The maximum atomic E-state index is 12.1. The number of nitrogens with one attached hydrogen (secondary N) is 2. The summed E-state index contributed by atoms with van der Waals surface area (Å²) in [7, 11) is 0. The van der Waals surface area contributed by atoms with Crippen molar-refractivity contribution in [1.29, 1.82) is 0 Å². The molecule has 0 aliphatic carbocycles. The van der Waals surface area contributed by atoms with Crippen LogP contribution in [0, 0.1) is 13.8 Å². The Morgan fingerprint density at radius 3 is 2.06 bits per heavy atom. The van der Waals surface area contributed by atoms with Gasteiger partial charge >= 0.3 is 11.8 Å². The van der Waals surface area contributed by atoms with Crippen molar-refractivity contribution >= 4 is 23.7 Å². The fourth-order valence-corrected chi connectivity index (χ4v) is 3.37. The molecule has 0 saturated carbocycles. The van der Waals surface area contributed by atoms with Crippen LogP contribution in [0.2, 0.25) is 0 Å². The molecule has 0 saturated heterocycles. The van der Waals surface area contributed by atoms with Crippen molar-refractivity contribution in [2.75, 3.05) is 18.5 Å². The fraction of sp³-hybridized carbons (Fsp3) is 0.240. The van der Waals surface area contributed by atoms with Crippen molar-refractivity contribution in [2.24, 2.45) is 5.10 Å². The number of ether oxygens (including phenoxy) is 2. The SMILES string of the molecule is CCOc1ccc(NC(=O)C(=O)N/N=C\c2cc(C)n(-c3ccc(OCC)cc3)c2C)cc1. The number of hydrogen-bond acceptors (Lipinski definition) is 5. The first-order chi connectivity index (χ1) is 15.9. The lowest BCUT2D eigenvalue weighted by Crippen LogP contribution is -2.32. The third-order valence-electron chi connectivity index (χ3n) is 4.88. The van der Waals surface area contributed by atoms with Crippen molar-refractivity contribution < 1.29 is 19.1 Å². The average molecular weight is 449 g/mol. The Bertz CT molecular complexity index is 1130. The minimum absolute atomic E-state index is 0.487. The molecule has 0 aliphatic heterocycles. The van der Waals surface area contributed by atoms with Gasteiger partial charge in [-0.1, -0.05) is 0 Å². The molecule has 0 aliphatic rings. The summed E-state index contributed by atoms with van der Waals surface area (Å²) in [6.07, 6.45) is 1.52. The monoisotopic (exact) mass is 448 g/mol. The van der Waals surface area contributed by atoms with E-state index in [1.54, 1.807) is 24.3 Å². The van der Waals surface area contributed by atoms with Gasteiger partial charge in [0.25, 0.3) is 0 Å². The molecule has 0 unspecified atom stereocenters. The van der Waals surface area contributed by atoms with Crippen molar-refractivity contribution in [2.45, 2.75) is 27.7 Å². The number of nitrogens with zero attached hydrogens (tertiary/aromatic N) is 2.